The minimum absolute atomic E-state index is 0.0794. The lowest BCUT2D eigenvalue weighted by molar-refractivity contribution is -0.120. The summed E-state index contributed by atoms with van der Waals surface area (Å²) in [6.45, 7) is 0.861. The van der Waals surface area contributed by atoms with Crippen LogP contribution in [0.15, 0.2) is 71.5 Å². The molecule has 0 radical (unpaired) electrons. The Balaban J connectivity index is 1.34. The molecule has 144 valence electrons. The quantitative estimate of drug-likeness (QED) is 0.564. The van der Waals surface area contributed by atoms with E-state index < -0.39 is 0 Å². The summed E-state index contributed by atoms with van der Waals surface area (Å²) in [5.41, 5.74) is 2.71. The maximum absolute atomic E-state index is 12.0. The van der Waals surface area contributed by atoms with E-state index in [9.17, 15) is 9.59 Å². The van der Waals surface area contributed by atoms with Gasteiger partial charge in [0, 0.05) is 41.9 Å². The summed E-state index contributed by atoms with van der Waals surface area (Å²) in [6, 6.07) is 17.0. The number of carbonyl (C=O) groups is 2. The fourth-order valence-electron chi connectivity index (χ4n) is 2.66. The number of carbonyl (C=O) groups excluding carboxylic acids is 2. The van der Waals surface area contributed by atoms with E-state index in [0.717, 1.165) is 22.1 Å². The molecule has 0 saturated heterocycles. The molecule has 3 rings (SSSR count). The first-order valence-electron chi connectivity index (χ1n) is 9.01. The van der Waals surface area contributed by atoms with Gasteiger partial charge in [0.15, 0.2) is 0 Å². The van der Waals surface area contributed by atoms with Gasteiger partial charge in [-0.2, -0.15) is 5.10 Å². The monoisotopic (exact) mass is 440 g/mol. The Hall–Kier alpha value is -2.93. The van der Waals surface area contributed by atoms with Crippen molar-refractivity contribution in [2.45, 2.75) is 12.8 Å². The molecule has 28 heavy (non-hydrogen) atoms. The van der Waals surface area contributed by atoms with Gasteiger partial charge in [-0.3, -0.25) is 9.59 Å². The number of hydrogen-bond donors (Lipinski definition) is 2. The van der Waals surface area contributed by atoms with Crippen LogP contribution in [0.1, 0.15) is 22.3 Å². The number of benzene rings is 2. The van der Waals surface area contributed by atoms with Gasteiger partial charge in [-0.1, -0.05) is 28.1 Å². The summed E-state index contributed by atoms with van der Waals surface area (Å²) < 4.78 is 2.72. The van der Waals surface area contributed by atoms with Crippen LogP contribution in [0, 0.1) is 0 Å². The molecular formula is C21H21BrN4O2. The lowest BCUT2D eigenvalue weighted by atomic mass is 10.1. The molecule has 2 N–H and O–H groups in total. The van der Waals surface area contributed by atoms with Crippen LogP contribution < -0.4 is 10.6 Å². The standard InChI is InChI=1S/C21H21BrN4O2/c22-18-6-4-17(5-7-18)21(28)24-14-11-20(27)23-13-10-16-2-8-19(9-3-16)26-15-1-12-25-26/h1-9,12,15H,10-11,13-14H2,(H,23,27)(H,24,28). The van der Waals surface area contributed by atoms with Crippen molar-refractivity contribution >= 4 is 27.7 Å². The smallest absolute Gasteiger partial charge is 0.251 e. The SMILES string of the molecule is O=C(CCNC(=O)c1ccc(Br)cc1)NCCc1ccc(-n2cccn2)cc1. The van der Waals surface area contributed by atoms with Gasteiger partial charge in [0.2, 0.25) is 5.91 Å². The maximum Gasteiger partial charge on any atom is 0.251 e. The van der Waals surface area contributed by atoms with Gasteiger partial charge in [0.1, 0.15) is 0 Å². The molecule has 0 unspecified atom stereocenters. The molecule has 0 saturated carbocycles. The number of amides is 2. The molecule has 0 bridgehead atoms. The zero-order valence-corrected chi connectivity index (χ0v) is 16.9. The van der Waals surface area contributed by atoms with Crippen LogP contribution in [0.25, 0.3) is 5.69 Å². The van der Waals surface area contributed by atoms with E-state index in [-0.39, 0.29) is 18.2 Å². The topological polar surface area (TPSA) is 76.0 Å². The van der Waals surface area contributed by atoms with Crippen molar-refractivity contribution in [3.8, 4) is 5.69 Å². The van der Waals surface area contributed by atoms with Crippen LogP contribution in [0.5, 0.6) is 0 Å². The lowest BCUT2D eigenvalue weighted by Crippen LogP contribution is -2.31. The second-order valence-corrected chi connectivity index (χ2v) is 7.15. The molecule has 0 atom stereocenters. The Bertz CT molecular complexity index is 907. The summed E-state index contributed by atoms with van der Waals surface area (Å²) in [7, 11) is 0. The molecule has 0 fully saturated rings. The highest BCUT2D eigenvalue weighted by Crippen LogP contribution is 2.10. The summed E-state index contributed by atoms with van der Waals surface area (Å²) >= 11 is 3.33. The van der Waals surface area contributed by atoms with E-state index in [1.54, 1.807) is 23.0 Å². The molecule has 0 aliphatic heterocycles. The van der Waals surface area contributed by atoms with Gasteiger partial charge in [-0.25, -0.2) is 4.68 Å². The highest BCUT2D eigenvalue weighted by Gasteiger charge is 2.06. The van der Waals surface area contributed by atoms with Gasteiger partial charge >= 0.3 is 0 Å². The van der Waals surface area contributed by atoms with Crippen molar-refractivity contribution in [1.29, 1.82) is 0 Å². The van der Waals surface area contributed by atoms with Crippen molar-refractivity contribution in [2.24, 2.45) is 0 Å². The summed E-state index contributed by atoms with van der Waals surface area (Å²) in [5.74, 6) is -0.262. The molecule has 3 aromatic rings. The minimum atomic E-state index is -0.183. The summed E-state index contributed by atoms with van der Waals surface area (Å²) in [6.07, 6.45) is 4.63. The normalized spacial score (nSPS) is 10.5. The predicted octanol–water partition coefficient (Wildman–Crippen LogP) is 3.11. The number of hydrogen-bond acceptors (Lipinski definition) is 3. The van der Waals surface area contributed by atoms with Gasteiger partial charge in [0.25, 0.3) is 5.91 Å². The Labute approximate surface area is 172 Å². The predicted molar refractivity (Wildman–Crippen MR) is 111 cm³/mol. The molecule has 6 nitrogen and oxygen atoms in total. The van der Waals surface area contributed by atoms with Crippen molar-refractivity contribution in [1.82, 2.24) is 20.4 Å². The first-order valence-corrected chi connectivity index (χ1v) is 9.80. The molecule has 0 aliphatic carbocycles. The Kier molecular flexibility index (Phi) is 6.97. The van der Waals surface area contributed by atoms with Crippen LogP contribution in [0.2, 0.25) is 0 Å². The van der Waals surface area contributed by atoms with Crippen molar-refractivity contribution in [2.75, 3.05) is 13.1 Å². The van der Waals surface area contributed by atoms with Crippen LogP contribution >= 0.6 is 15.9 Å². The number of aromatic nitrogens is 2. The third-order valence-electron chi connectivity index (χ3n) is 4.19. The minimum Gasteiger partial charge on any atom is -0.356 e. The molecular weight excluding hydrogens is 420 g/mol. The fourth-order valence-corrected chi connectivity index (χ4v) is 2.93. The van der Waals surface area contributed by atoms with E-state index in [4.69, 9.17) is 0 Å². The number of halogens is 1. The first kappa shape index (κ1) is 19.8. The van der Waals surface area contributed by atoms with Crippen molar-refractivity contribution in [3.63, 3.8) is 0 Å². The van der Waals surface area contributed by atoms with E-state index in [1.165, 1.54) is 0 Å². The Morgan fingerprint density at radius 1 is 0.964 bits per heavy atom. The van der Waals surface area contributed by atoms with Gasteiger partial charge in [0.05, 0.1) is 5.69 Å². The van der Waals surface area contributed by atoms with Gasteiger partial charge < -0.3 is 10.6 Å². The molecule has 0 aliphatic rings. The van der Waals surface area contributed by atoms with Crippen LogP contribution in [0.3, 0.4) is 0 Å². The summed E-state index contributed by atoms with van der Waals surface area (Å²) in [5, 5.41) is 9.83. The molecule has 1 aromatic heterocycles. The van der Waals surface area contributed by atoms with Crippen molar-refractivity contribution in [3.05, 3.63) is 82.6 Å². The second kappa shape index (κ2) is 9.85. The molecule has 1 heterocycles. The third-order valence-corrected chi connectivity index (χ3v) is 4.71. The van der Waals surface area contributed by atoms with E-state index >= 15 is 0 Å². The first-order chi connectivity index (χ1) is 13.6. The maximum atomic E-state index is 12.0. The van der Waals surface area contributed by atoms with Crippen LogP contribution in [0.4, 0.5) is 0 Å². The zero-order chi connectivity index (χ0) is 19.8. The number of nitrogens with one attached hydrogen (secondary N) is 2. The number of nitrogens with zero attached hydrogens (tertiary/aromatic N) is 2. The van der Waals surface area contributed by atoms with Gasteiger partial charge in [-0.05, 0) is 54.4 Å². The molecule has 7 heteroatoms. The third kappa shape index (κ3) is 5.79. The largest absolute Gasteiger partial charge is 0.356 e. The molecule has 2 amide bonds. The van der Waals surface area contributed by atoms with E-state index in [2.05, 4.69) is 31.7 Å². The highest BCUT2D eigenvalue weighted by atomic mass is 79.9. The average molecular weight is 441 g/mol. The second-order valence-electron chi connectivity index (χ2n) is 6.23. The van der Waals surface area contributed by atoms with Gasteiger partial charge in [-0.15, -0.1) is 0 Å². The van der Waals surface area contributed by atoms with E-state index in [1.807, 2.05) is 48.7 Å². The number of rotatable bonds is 8. The summed E-state index contributed by atoms with van der Waals surface area (Å²) in [4.78, 5) is 23.9. The van der Waals surface area contributed by atoms with E-state index in [0.29, 0.717) is 18.7 Å². The van der Waals surface area contributed by atoms with Crippen LogP contribution in [-0.2, 0) is 11.2 Å². The zero-order valence-electron chi connectivity index (χ0n) is 15.3. The Morgan fingerprint density at radius 3 is 2.39 bits per heavy atom. The fraction of sp³-hybridized carbons (Fsp3) is 0.190. The molecule has 2 aromatic carbocycles. The highest BCUT2D eigenvalue weighted by molar-refractivity contribution is 9.10. The van der Waals surface area contributed by atoms with Crippen LogP contribution in [-0.4, -0.2) is 34.7 Å². The Morgan fingerprint density at radius 2 is 1.71 bits per heavy atom. The average Bonchev–Trinajstić information content (AvgIpc) is 3.24. The van der Waals surface area contributed by atoms with Crippen molar-refractivity contribution < 1.29 is 9.59 Å². The lowest BCUT2D eigenvalue weighted by Gasteiger charge is -2.08. The molecule has 0 spiro atoms.